The first-order chi connectivity index (χ1) is 17.8. The Hall–Kier alpha value is -2.41. The predicted octanol–water partition coefficient (Wildman–Crippen LogP) is 4.64. The van der Waals surface area contributed by atoms with Gasteiger partial charge in [-0.15, -0.1) is 0 Å². The minimum Gasteiger partial charge on any atom is -0.444 e. The molecule has 1 N–H and O–H groups in total. The lowest BCUT2D eigenvalue weighted by Crippen LogP contribution is -2.52. The van der Waals surface area contributed by atoms with Crippen LogP contribution in [0.4, 0.5) is 22.4 Å². The van der Waals surface area contributed by atoms with Crippen LogP contribution in [-0.2, 0) is 25.7 Å². The topological polar surface area (TPSA) is 96.0 Å². The number of carbonyl (C=O) groups excluding carboxylic acids is 2. The summed E-state index contributed by atoms with van der Waals surface area (Å²) in [4.78, 5) is 26.7. The summed E-state index contributed by atoms with van der Waals surface area (Å²) in [6.45, 7) is 9.13. The van der Waals surface area contributed by atoms with Crippen molar-refractivity contribution in [1.29, 1.82) is 0 Å². The Morgan fingerprint density at radius 3 is 2.36 bits per heavy atom. The van der Waals surface area contributed by atoms with Crippen molar-refractivity contribution in [1.82, 2.24) is 14.5 Å². The number of likely N-dealkylation sites (N-methyl/N-ethyl adjacent to an activating group) is 1. The molecule has 1 aromatic carbocycles. The van der Waals surface area contributed by atoms with Crippen LogP contribution in [0.5, 0.6) is 0 Å². The second kappa shape index (κ2) is 11.2. The van der Waals surface area contributed by atoms with E-state index in [0.717, 1.165) is 10.4 Å². The lowest BCUT2D eigenvalue weighted by atomic mass is 9.96. The lowest BCUT2D eigenvalue weighted by molar-refractivity contribution is -0.140. The van der Waals surface area contributed by atoms with Gasteiger partial charge in [-0.25, -0.2) is 17.6 Å². The number of nitrogens with zero attached hydrogens (tertiary/aromatic N) is 2. The number of fused-ring (bicyclic) bond motifs is 1. The van der Waals surface area contributed by atoms with Gasteiger partial charge in [0.1, 0.15) is 17.5 Å². The highest BCUT2D eigenvalue weighted by Crippen LogP contribution is 2.41. The van der Waals surface area contributed by atoms with E-state index in [1.807, 2.05) is 13.8 Å². The van der Waals surface area contributed by atoms with Crippen LogP contribution < -0.4 is 5.32 Å². The normalized spacial score (nSPS) is 23.0. The molecule has 13 heteroatoms. The maximum absolute atomic E-state index is 13.7. The summed E-state index contributed by atoms with van der Waals surface area (Å²) in [5.41, 5.74) is -2.38. The maximum Gasteiger partial charge on any atom is 0.419 e. The molecule has 1 aliphatic carbocycles. The van der Waals surface area contributed by atoms with E-state index in [4.69, 9.17) is 4.74 Å². The van der Waals surface area contributed by atoms with Crippen molar-refractivity contribution < 1.29 is 40.3 Å². The molecule has 0 unspecified atom stereocenters. The van der Waals surface area contributed by atoms with E-state index in [1.165, 1.54) is 11.9 Å². The van der Waals surface area contributed by atoms with Crippen LogP contribution in [0.15, 0.2) is 23.1 Å². The van der Waals surface area contributed by atoms with E-state index in [1.54, 1.807) is 20.8 Å². The van der Waals surface area contributed by atoms with Gasteiger partial charge in [0.15, 0.2) is 0 Å². The number of amides is 2. The van der Waals surface area contributed by atoms with Gasteiger partial charge in [0.05, 0.1) is 10.5 Å². The van der Waals surface area contributed by atoms with Crippen molar-refractivity contribution in [2.45, 2.75) is 82.6 Å². The molecule has 4 atom stereocenters. The Kier molecular flexibility index (Phi) is 8.96. The summed E-state index contributed by atoms with van der Waals surface area (Å²) < 4.78 is 86.1. The fourth-order valence-corrected chi connectivity index (χ4v) is 6.82. The Bertz CT molecular complexity index is 1180. The summed E-state index contributed by atoms with van der Waals surface area (Å²) in [5.74, 6) is -2.18. The summed E-state index contributed by atoms with van der Waals surface area (Å²) in [5, 5.41) is 2.99. The van der Waals surface area contributed by atoms with Crippen LogP contribution in [0.2, 0.25) is 0 Å². The van der Waals surface area contributed by atoms with Crippen molar-refractivity contribution >= 4 is 22.0 Å². The molecule has 220 valence electrons. The molecule has 1 saturated heterocycles. The SMILES string of the molecule is CC(C)C[C@@H](C(=O)N[C@@H]1CC[C@H]2CN(S(=O)(=O)c3ccc(F)c(C(F)(F)F)c3)C[C@H]21)N(C)C(=O)OC(C)(C)C. The number of carbonyl (C=O) groups is 2. The molecule has 1 aromatic rings. The molecule has 0 aromatic heterocycles. The van der Waals surface area contributed by atoms with Gasteiger partial charge in [0.2, 0.25) is 15.9 Å². The number of rotatable bonds is 7. The molecule has 2 amide bonds. The highest BCUT2D eigenvalue weighted by atomic mass is 32.2. The van der Waals surface area contributed by atoms with Gasteiger partial charge in [-0.05, 0) is 76.0 Å². The minimum absolute atomic E-state index is 0.00737. The average Bonchev–Trinajstić information content (AvgIpc) is 3.37. The zero-order valence-electron chi connectivity index (χ0n) is 23.0. The Balaban J connectivity index is 1.75. The molecular formula is C26H37F4N3O5S. The zero-order chi connectivity index (χ0) is 29.5. The molecule has 0 spiro atoms. The smallest absolute Gasteiger partial charge is 0.419 e. The van der Waals surface area contributed by atoms with E-state index in [0.29, 0.717) is 31.4 Å². The third kappa shape index (κ3) is 7.22. The molecule has 39 heavy (non-hydrogen) atoms. The summed E-state index contributed by atoms with van der Waals surface area (Å²) in [7, 11) is -2.82. The number of alkyl halides is 3. The minimum atomic E-state index is -5.04. The maximum atomic E-state index is 13.7. The van der Waals surface area contributed by atoms with Crippen molar-refractivity contribution in [2.75, 3.05) is 20.1 Å². The first-order valence-corrected chi connectivity index (χ1v) is 14.4. The van der Waals surface area contributed by atoms with E-state index in [9.17, 15) is 35.6 Å². The van der Waals surface area contributed by atoms with Crippen LogP contribution >= 0.6 is 0 Å². The van der Waals surface area contributed by atoms with E-state index < -0.39 is 50.2 Å². The number of sulfonamides is 1. The fourth-order valence-electron chi connectivity index (χ4n) is 5.26. The molecule has 1 aliphatic heterocycles. The van der Waals surface area contributed by atoms with E-state index >= 15 is 0 Å². The number of benzene rings is 1. The molecule has 3 rings (SSSR count). The van der Waals surface area contributed by atoms with Gasteiger partial charge in [0.25, 0.3) is 0 Å². The Morgan fingerprint density at radius 1 is 1.15 bits per heavy atom. The van der Waals surface area contributed by atoms with Gasteiger partial charge in [-0.2, -0.15) is 17.5 Å². The summed E-state index contributed by atoms with van der Waals surface area (Å²) in [6, 6.07) is 0.478. The third-order valence-electron chi connectivity index (χ3n) is 7.18. The van der Waals surface area contributed by atoms with Crippen molar-refractivity contribution in [3.05, 3.63) is 29.6 Å². The van der Waals surface area contributed by atoms with Gasteiger partial charge in [-0.1, -0.05) is 13.8 Å². The fraction of sp³-hybridized carbons (Fsp3) is 0.692. The molecular weight excluding hydrogens is 542 g/mol. The monoisotopic (exact) mass is 579 g/mol. The first-order valence-electron chi connectivity index (χ1n) is 12.9. The number of ether oxygens (including phenoxy) is 1. The molecule has 0 bridgehead atoms. The number of hydrogen-bond acceptors (Lipinski definition) is 5. The highest BCUT2D eigenvalue weighted by Gasteiger charge is 2.48. The quantitative estimate of drug-likeness (QED) is 0.475. The van der Waals surface area contributed by atoms with Crippen LogP contribution in [0.25, 0.3) is 0 Å². The largest absolute Gasteiger partial charge is 0.444 e. The van der Waals surface area contributed by atoms with Crippen molar-refractivity contribution in [3.63, 3.8) is 0 Å². The van der Waals surface area contributed by atoms with Gasteiger partial charge >= 0.3 is 12.3 Å². The number of hydrogen-bond donors (Lipinski definition) is 1. The second-order valence-corrected chi connectivity index (χ2v) is 13.8. The Labute approximate surface area is 227 Å². The average molecular weight is 580 g/mol. The van der Waals surface area contributed by atoms with E-state index in [2.05, 4.69) is 5.32 Å². The van der Waals surface area contributed by atoms with Gasteiger partial charge < -0.3 is 10.1 Å². The van der Waals surface area contributed by atoms with Crippen molar-refractivity contribution in [2.24, 2.45) is 17.8 Å². The first kappa shape index (κ1) is 31.1. The number of halogens is 4. The van der Waals surface area contributed by atoms with Crippen LogP contribution in [0.1, 0.15) is 59.4 Å². The van der Waals surface area contributed by atoms with Gasteiger partial charge in [0, 0.05) is 26.2 Å². The van der Waals surface area contributed by atoms with Crippen LogP contribution in [0, 0.1) is 23.6 Å². The lowest BCUT2D eigenvalue weighted by Gasteiger charge is -2.32. The van der Waals surface area contributed by atoms with Gasteiger partial charge in [-0.3, -0.25) is 9.69 Å². The van der Waals surface area contributed by atoms with Crippen LogP contribution in [-0.4, -0.2) is 67.4 Å². The third-order valence-corrected chi connectivity index (χ3v) is 9.01. The van der Waals surface area contributed by atoms with Crippen LogP contribution in [0.3, 0.4) is 0 Å². The summed E-state index contributed by atoms with van der Waals surface area (Å²) in [6.07, 6.45) is -4.06. The van der Waals surface area contributed by atoms with Crippen molar-refractivity contribution in [3.8, 4) is 0 Å². The molecule has 2 aliphatic rings. The zero-order valence-corrected chi connectivity index (χ0v) is 23.8. The Morgan fingerprint density at radius 2 is 1.79 bits per heavy atom. The second-order valence-electron chi connectivity index (χ2n) is 11.8. The summed E-state index contributed by atoms with van der Waals surface area (Å²) >= 11 is 0. The van der Waals surface area contributed by atoms with E-state index in [-0.39, 0.29) is 42.8 Å². The number of nitrogens with one attached hydrogen (secondary N) is 1. The predicted molar refractivity (Wildman–Crippen MR) is 136 cm³/mol. The molecule has 1 heterocycles. The molecule has 2 fully saturated rings. The molecule has 8 nitrogen and oxygen atoms in total. The highest BCUT2D eigenvalue weighted by molar-refractivity contribution is 7.89. The molecule has 0 radical (unpaired) electrons. The standard InChI is InChI=1S/C26H37F4N3O5S/c1-15(2)11-22(32(6)24(35)38-25(3,4)5)23(34)31-21-10-7-16-13-33(14-18(16)21)39(36,37)17-8-9-20(27)19(12-17)26(28,29)30/h8-9,12,15-16,18,21-22H,7,10-11,13-14H2,1-6H3,(H,31,34)/t16-,18+,21+,22-/m0/s1. The molecule has 1 saturated carbocycles.